The average Bonchev–Trinajstić information content (AvgIpc) is 4.34. The fraction of sp³-hybridized carbons (Fsp3) is 0.620. The van der Waals surface area contributed by atoms with E-state index in [1.807, 2.05) is 67.6 Å². The number of aromatic nitrogens is 7. The summed E-state index contributed by atoms with van der Waals surface area (Å²) < 4.78 is 116. The third-order valence-corrected chi connectivity index (χ3v) is 32.2. The number of aryl methyl sites for hydroxylation is 1. The molecule has 3 aliphatic heterocycles. The molecule has 4 aromatic heterocycles. The molecule has 7 heterocycles. The molecular weight excluding hydrogens is 1130 g/mol. The number of rotatable bonds is 20. The average molecular weight is 1210 g/mol. The smallest absolute Gasteiger partial charge is 0.414 e. The van der Waals surface area contributed by atoms with Crippen molar-refractivity contribution < 1.29 is 68.2 Å². The van der Waals surface area contributed by atoms with Gasteiger partial charge < -0.3 is 50.7 Å². The topological polar surface area (TPSA) is 283 Å². The number of nitrogens with one attached hydrogen (secondary N) is 1. The number of nitrogens with zero attached hydrogens (tertiary/aromatic N) is 8. The Kier molecular flexibility index (Phi) is 18.7. The number of amides is 1. The number of fused-ring (bicyclic) bond motifs is 3. The first kappa shape index (κ1) is 61.8. The van der Waals surface area contributed by atoms with Gasteiger partial charge in [0.2, 0.25) is 0 Å². The van der Waals surface area contributed by atoms with E-state index in [1.54, 1.807) is 30.3 Å². The summed E-state index contributed by atoms with van der Waals surface area (Å²) in [5.74, 6) is -1.28. The second-order valence-electron chi connectivity index (χ2n) is 23.0. The van der Waals surface area contributed by atoms with Crippen molar-refractivity contribution in [3.63, 3.8) is 0 Å². The quantitative estimate of drug-likeness (QED) is 0.0417. The summed E-state index contributed by atoms with van der Waals surface area (Å²) in [6, 6.07) is 10.5. The molecule has 438 valence electrons. The maximum Gasteiger partial charge on any atom is 0.475 e. The Labute approximate surface area is 468 Å². The Bertz CT molecular complexity index is 3200. The molecule has 24 nitrogen and oxygen atoms in total. The van der Waals surface area contributed by atoms with Crippen LogP contribution in [0.3, 0.4) is 0 Å². The number of nitriles is 1. The van der Waals surface area contributed by atoms with Crippen molar-refractivity contribution >= 4 is 75.4 Å². The normalized spacial score (nSPS) is 25.5. The molecular formula is C50H74FN9O15P2Si3. The van der Waals surface area contributed by atoms with E-state index in [1.165, 1.54) is 35.2 Å². The first-order chi connectivity index (χ1) is 37.6. The SMILES string of the molecule is CC(C)[Si]1(C(C)C)OC[C@H]2O[C@@H](n3cc(F)c4c(=O)n(C)cnc43)[C@H](OP(=O)(OCCC#N)OC[C@H]3O[C@@H](n4cnc5c(NC(=O)c6ccccc6)ncnc54)[C@H](O[Si](C)(C)C(C)(C)C)[C@@H]3O[PH](=O)O)[C@@H]2O[Si](C(C)C)(C(C)C)O1. The molecule has 1 amide bonds. The van der Waals surface area contributed by atoms with Gasteiger partial charge in [0, 0.05) is 18.8 Å². The maximum absolute atomic E-state index is 16.2. The lowest BCUT2D eigenvalue weighted by molar-refractivity contribution is -0.0629. The Balaban J connectivity index is 1.21. The minimum Gasteiger partial charge on any atom is -0.414 e. The number of benzene rings is 1. The van der Waals surface area contributed by atoms with Gasteiger partial charge in [0.1, 0.15) is 48.3 Å². The summed E-state index contributed by atoms with van der Waals surface area (Å²) in [7, 11) is -17.0. The van der Waals surface area contributed by atoms with Crippen molar-refractivity contribution in [3.8, 4) is 6.07 Å². The lowest BCUT2D eigenvalue weighted by Crippen LogP contribution is -2.65. The number of phosphoric acid groups is 1. The molecule has 30 heteroatoms. The van der Waals surface area contributed by atoms with E-state index in [2.05, 4.69) is 52.9 Å². The van der Waals surface area contributed by atoms with Crippen LogP contribution in [0.1, 0.15) is 105 Å². The van der Waals surface area contributed by atoms with E-state index < -0.39 is 126 Å². The first-order valence-electron chi connectivity index (χ1n) is 26.7. The third-order valence-electron chi connectivity index (χ3n) is 15.5. The highest BCUT2D eigenvalue weighted by atomic mass is 31.2. The van der Waals surface area contributed by atoms with E-state index in [0.717, 1.165) is 10.8 Å². The van der Waals surface area contributed by atoms with Crippen molar-refractivity contribution in [2.75, 3.05) is 25.1 Å². The van der Waals surface area contributed by atoms with Crippen LogP contribution in [0.25, 0.3) is 22.2 Å². The van der Waals surface area contributed by atoms with Gasteiger partial charge in [-0.3, -0.25) is 32.3 Å². The van der Waals surface area contributed by atoms with Gasteiger partial charge in [0.05, 0.1) is 45.0 Å². The Morgan fingerprint density at radius 3 is 2.23 bits per heavy atom. The van der Waals surface area contributed by atoms with Crippen LogP contribution in [0.5, 0.6) is 0 Å². The number of carbonyl (C=O) groups is 1. The summed E-state index contributed by atoms with van der Waals surface area (Å²) in [5, 5.41) is 11.7. The van der Waals surface area contributed by atoms with Crippen molar-refractivity contribution in [2.45, 2.75) is 172 Å². The largest absolute Gasteiger partial charge is 0.475 e. The fourth-order valence-electron chi connectivity index (χ4n) is 10.3. The molecule has 3 aliphatic rings. The lowest BCUT2D eigenvalue weighted by atomic mass is 10.1. The zero-order valence-corrected chi connectivity index (χ0v) is 52.4. The van der Waals surface area contributed by atoms with Gasteiger partial charge >= 0.3 is 33.2 Å². The molecule has 0 spiro atoms. The number of imidazole rings is 1. The molecule has 0 radical (unpaired) electrons. The van der Waals surface area contributed by atoms with Crippen molar-refractivity contribution in [1.29, 1.82) is 5.26 Å². The van der Waals surface area contributed by atoms with Crippen molar-refractivity contribution in [1.82, 2.24) is 33.6 Å². The van der Waals surface area contributed by atoms with Gasteiger partial charge in [0.25, 0.3) is 11.5 Å². The second-order valence-corrected chi connectivity index (χ2v) is 39.0. The van der Waals surface area contributed by atoms with Gasteiger partial charge in [0.15, 0.2) is 49.2 Å². The summed E-state index contributed by atoms with van der Waals surface area (Å²) in [5.41, 5.74) is -0.563. The fourth-order valence-corrected chi connectivity index (χ4v) is 24.7. The Morgan fingerprint density at radius 2 is 1.60 bits per heavy atom. The summed E-state index contributed by atoms with van der Waals surface area (Å²) in [6.07, 6.45) is -5.72. The van der Waals surface area contributed by atoms with E-state index in [0.29, 0.717) is 5.56 Å². The molecule has 5 aromatic rings. The Morgan fingerprint density at radius 1 is 0.938 bits per heavy atom. The molecule has 0 saturated carbocycles. The van der Waals surface area contributed by atoms with Gasteiger partial charge in [-0.1, -0.05) is 94.4 Å². The summed E-state index contributed by atoms with van der Waals surface area (Å²) in [6.45, 7) is 25.0. The predicted molar refractivity (Wildman–Crippen MR) is 299 cm³/mol. The van der Waals surface area contributed by atoms with Crippen LogP contribution in [0.2, 0.25) is 40.3 Å². The minimum atomic E-state index is -5.07. The Hall–Kier alpha value is -4.25. The van der Waals surface area contributed by atoms with Gasteiger partial charge in [-0.05, 0) is 52.4 Å². The standard InChI is InChI=1S/C50H74FN9O15P2Si3/c1-29(2)79(30(3)4)68-25-36-40(74-80(75-79,31(5)6)32(7)8)41(48(70-36)59-23-34(51)37-44(59)56-27-58(12)47(37)62)72-77(65,66-22-18-21-52)67-24-35-39(71-76(63)64)42(73-78(13,14)50(9,10)11)49(69-35)60-28-55-38-43(53-26-54-45(38)60)57-46(61)33-19-16-15-17-20-33/h15-17,19-20,23,26-32,35-36,39-42,48-49,76H,18,22,24-25H2,1-14H3,(H,63,64)(H,53,54,57,61)/t35-,36-,39-,40-,41-,42-,48-,49-,77?/m1/s1. The van der Waals surface area contributed by atoms with E-state index in [9.17, 15) is 24.3 Å². The van der Waals surface area contributed by atoms with Crippen LogP contribution < -0.4 is 10.9 Å². The molecule has 8 rings (SSSR count). The van der Waals surface area contributed by atoms with Crippen LogP contribution in [0.15, 0.2) is 60.3 Å². The number of halogens is 1. The monoisotopic (exact) mass is 1210 g/mol. The highest BCUT2D eigenvalue weighted by Gasteiger charge is 2.63. The number of phosphoric ester groups is 1. The highest BCUT2D eigenvalue weighted by molar-refractivity contribution is 7.48. The molecule has 0 aliphatic carbocycles. The molecule has 3 saturated heterocycles. The van der Waals surface area contributed by atoms with Gasteiger partial charge in [-0.15, -0.1) is 0 Å². The van der Waals surface area contributed by atoms with Crippen LogP contribution in [0.4, 0.5) is 10.2 Å². The minimum absolute atomic E-state index is 0.0473. The predicted octanol–water partition coefficient (Wildman–Crippen LogP) is 9.32. The zero-order valence-electron chi connectivity index (χ0n) is 47.5. The third kappa shape index (κ3) is 12.1. The molecule has 1 aromatic carbocycles. The molecule has 10 atom stereocenters. The number of carbonyl (C=O) groups excluding carboxylic acids is 1. The molecule has 2 unspecified atom stereocenters. The number of anilines is 1. The molecule has 3 fully saturated rings. The van der Waals surface area contributed by atoms with Crippen molar-refractivity contribution in [3.05, 3.63) is 77.2 Å². The molecule has 0 bridgehead atoms. The highest BCUT2D eigenvalue weighted by Crippen LogP contribution is 2.57. The van der Waals surface area contributed by atoms with Gasteiger partial charge in [-0.25, -0.2) is 28.9 Å². The van der Waals surface area contributed by atoms with Crippen LogP contribution >= 0.6 is 16.1 Å². The molecule has 80 heavy (non-hydrogen) atoms. The van der Waals surface area contributed by atoms with Crippen LogP contribution in [0, 0.1) is 17.1 Å². The van der Waals surface area contributed by atoms with Crippen LogP contribution in [-0.4, -0.2) is 126 Å². The maximum atomic E-state index is 16.2. The summed E-state index contributed by atoms with van der Waals surface area (Å²) >= 11 is 0. The van der Waals surface area contributed by atoms with E-state index in [4.69, 9.17) is 45.0 Å². The van der Waals surface area contributed by atoms with Gasteiger partial charge in [-0.2, -0.15) is 5.26 Å². The summed E-state index contributed by atoms with van der Waals surface area (Å²) in [4.78, 5) is 55.2. The number of hydrogen-bond acceptors (Lipinski definition) is 19. The van der Waals surface area contributed by atoms with E-state index in [-0.39, 0.29) is 63.2 Å². The first-order valence-corrected chi connectivity index (χ1v) is 36.3. The van der Waals surface area contributed by atoms with Crippen molar-refractivity contribution in [2.24, 2.45) is 7.05 Å². The molecule has 2 N–H and O–H groups in total. The lowest BCUT2D eigenvalue weighted by Gasteiger charge is -2.51. The van der Waals surface area contributed by atoms with Crippen LogP contribution in [-0.2, 0) is 61.1 Å². The van der Waals surface area contributed by atoms with E-state index >= 15 is 8.96 Å². The number of ether oxygens (including phenoxy) is 2. The zero-order chi connectivity index (χ0) is 58.4. The second kappa shape index (κ2) is 24.2. The number of hydrogen-bond donors (Lipinski definition) is 2.